The summed E-state index contributed by atoms with van der Waals surface area (Å²) in [5.74, 6) is 1.94. The lowest BCUT2D eigenvalue weighted by Crippen LogP contribution is -2.33. The molecule has 1 aromatic heterocycles. The molecule has 4 heteroatoms. The van der Waals surface area contributed by atoms with Crippen LogP contribution in [0.5, 0.6) is 5.75 Å². The van der Waals surface area contributed by atoms with E-state index in [4.69, 9.17) is 4.74 Å². The number of benzene rings is 1. The van der Waals surface area contributed by atoms with Crippen LogP contribution in [-0.2, 0) is 6.54 Å². The van der Waals surface area contributed by atoms with Crippen LogP contribution in [-0.4, -0.2) is 37.6 Å². The second-order valence-corrected chi connectivity index (χ2v) is 6.68. The third-order valence-corrected chi connectivity index (χ3v) is 4.75. The Balaban J connectivity index is 1.76. The van der Waals surface area contributed by atoms with Crippen LogP contribution in [0.2, 0.25) is 0 Å². The first kappa shape index (κ1) is 16.8. The highest BCUT2D eigenvalue weighted by atomic mass is 16.5. The standard InChI is InChI=1S/C20H27N3O/c1-22(2)20-11-10-16(14-21-20)15-23-12-5-4-9-19(23)17-7-6-8-18(13-17)24-3/h6-8,10-11,13-14,19H,4-5,9,12,15H2,1-3H3/t19-/m1/s1. The van der Waals surface area contributed by atoms with Crippen molar-refractivity contribution in [3.63, 3.8) is 0 Å². The van der Waals surface area contributed by atoms with Crippen LogP contribution >= 0.6 is 0 Å². The van der Waals surface area contributed by atoms with Crippen LogP contribution in [0.15, 0.2) is 42.6 Å². The average molecular weight is 325 g/mol. The zero-order valence-electron chi connectivity index (χ0n) is 14.9. The summed E-state index contributed by atoms with van der Waals surface area (Å²) in [6.45, 7) is 2.08. The minimum Gasteiger partial charge on any atom is -0.497 e. The van der Waals surface area contributed by atoms with E-state index in [0.29, 0.717) is 6.04 Å². The SMILES string of the molecule is COc1cccc([C@H]2CCCCN2Cc2ccc(N(C)C)nc2)c1. The normalized spacial score (nSPS) is 18.4. The second kappa shape index (κ2) is 7.67. The van der Waals surface area contributed by atoms with Crippen molar-refractivity contribution in [1.29, 1.82) is 0 Å². The van der Waals surface area contributed by atoms with Crippen molar-refractivity contribution >= 4 is 5.82 Å². The number of hydrogen-bond donors (Lipinski definition) is 0. The van der Waals surface area contributed by atoms with Crippen molar-refractivity contribution in [2.24, 2.45) is 0 Å². The van der Waals surface area contributed by atoms with E-state index in [1.807, 2.05) is 31.3 Å². The lowest BCUT2D eigenvalue weighted by Gasteiger charge is -2.36. The topological polar surface area (TPSA) is 28.6 Å². The fraction of sp³-hybridized carbons (Fsp3) is 0.450. The molecule has 0 radical (unpaired) electrons. The molecule has 1 atom stereocenters. The molecule has 3 rings (SSSR count). The van der Waals surface area contributed by atoms with Gasteiger partial charge in [0.2, 0.25) is 0 Å². The minimum atomic E-state index is 0.461. The van der Waals surface area contributed by atoms with Crippen molar-refractivity contribution in [3.8, 4) is 5.75 Å². The molecule has 0 N–H and O–H groups in total. The predicted octanol–water partition coefficient (Wildman–Crippen LogP) is 3.88. The van der Waals surface area contributed by atoms with E-state index in [-0.39, 0.29) is 0 Å². The van der Waals surface area contributed by atoms with E-state index in [2.05, 4.69) is 40.2 Å². The number of ether oxygens (including phenoxy) is 1. The molecule has 128 valence electrons. The predicted molar refractivity (Wildman–Crippen MR) is 98.6 cm³/mol. The Labute approximate surface area is 145 Å². The molecular formula is C20H27N3O. The Hall–Kier alpha value is -2.07. The number of anilines is 1. The summed E-state index contributed by atoms with van der Waals surface area (Å²) in [4.78, 5) is 9.15. The molecule has 1 fully saturated rings. The van der Waals surface area contributed by atoms with Crippen molar-refractivity contribution in [1.82, 2.24) is 9.88 Å². The summed E-state index contributed by atoms with van der Waals surface area (Å²) >= 11 is 0. The number of pyridine rings is 1. The smallest absolute Gasteiger partial charge is 0.127 e. The number of rotatable bonds is 5. The summed E-state index contributed by atoms with van der Waals surface area (Å²) in [7, 11) is 5.77. The number of aromatic nitrogens is 1. The van der Waals surface area contributed by atoms with E-state index in [0.717, 1.165) is 24.7 Å². The molecule has 0 saturated carbocycles. The van der Waals surface area contributed by atoms with Crippen LogP contribution < -0.4 is 9.64 Å². The van der Waals surface area contributed by atoms with Crippen LogP contribution in [0.25, 0.3) is 0 Å². The summed E-state index contributed by atoms with van der Waals surface area (Å²) in [5.41, 5.74) is 2.63. The lowest BCUT2D eigenvalue weighted by atomic mass is 9.94. The van der Waals surface area contributed by atoms with E-state index >= 15 is 0 Å². The third-order valence-electron chi connectivity index (χ3n) is 4.75. The first-order valence-electron chi connectivity index (χ1n) is 8.67. The zero-order chi connectivity index (χ0) is 16.9. The number of piperidine rings is 1. The summed E-state index contributed by atoms with van der Waals surface area (Å²) in [5, 5.41) is 0. The first-order chi connectivity index (χ1) is 11.7. The van der Waals surface area contributed by atoms with Crippen molar-refractivity contribution in [3.05, 3.63) is 53.7 Å². The molecule has 1 aliphatic rings. The maximum atomic E-state index is 5.40. The first-order valence-corrected chi connectivity index (χ1v) is 8.67. The van der Waals surface area contributed by atoms with Gasteiger partial charge >= 0.3 is 0 Å². The highest BCUT2D eigenvalue weighted by Gasteiger charge is 2.24. The Morgan fingerprint density at radius 1 is 1.21 bits per heavy atom. The molecule has 4 nitrogen and oxygen atoms in total. The van der Waals surface area contributed by atoms with E-state index < -0.39 is 0 Å². The highest BCUT2D eigenvalue weighted by molar-refractivity contribution is 5.37. The molecule has 1 saturated heterocycles. The summed E-state index contributed by atoms with van der Waals surface area (Å²) < 4.78 is 5.40. The molecule has 24 heavy (non-hydrogen) atoms. The highest BCUT2D eigenvalue weighted by Crippen LogP contribution is 2.33. The Morgan fingerprint density at radius 2 is 2.08 bits per heavy atom. The molecule has 0 aliphatic carbocycles. The maximum absolute atomic E-state index is 5.40. The number of nitrogens with zero attached hydrogens (tertiary/aromatic N) is 3. The molecule has 0 unspecified atom stereocenters. The van der Waals surface area contributed by atoms with Crippen LogP contribution in [0, 0.1) is 0 Å². The molecule has 0 spiro atoms. The van der Waals surface area contributed by atoms with Gasteiger partial charge in [-0.05, 0) is 48.7 Å². The molecule has 1 aliphatic heterocycles. The maximum Gasteiger partial charge on any atom is 0.127 e. The molecule has 1 aromatic carbocycles. The van der Waals surface area contributed by atoms with Gasteiger partial charge in [0, 0.05) is 32.9 Å². The zero-order valence-corrected chi connectivity index (χ0v) is 14.9. The number of hydrogen-bond acceptors (Lipinski definition) is 4. The van der Waals surface area contributed by atoms with Gasteiger partial charge in [-0.2, -0.15) is 0 Å². The fourth-order valence-electron chi connectivity index (χ4n) is 3.42. The van der Waals surface area contributed by atoms with Crippen molar-refractivity contribution < 1.29 is 4.74 Å². The monoisotopic (exact) mass is 325 g/mol. The molecular weight excluding hydrogens is 298 g/mol. The molecule has 2 aromatic rings. The Morgan fingerprint density at radius 3 is 2.79 bits per heavy atom. The van der Waals surface area contributed by atoms with E-state index in [1.54, 1.807) is 7.11 Å². The number of likely N-dealkylation sites (tertiary alicyclic amines) is 1. The Kier molecular flexibility index (Phi) is 5.36. The Bertz CT molecular complexity index is 654. The van der Waals surface area contributed by atoms with Gasteiger partial charge in [0.15, 0.2) is 0 Å². The average Bonchev–Trinajstić information content (AvgIpc) is 2.62. The largest absolute Gasteiger partial charge is 0.497 e. The molecule has 0 bridgehead atoms. The van der Waals surface area contributed by atoms with Gasteiger partial charge in [0.05, 0.1) is 7.11 Å². The minimum absolute atomic E-state index is 0.461. The van der Waals surface area contributed by atoms with E-state index in [9.17, 15) is 0 Å². The van der Waals surface area contributed by atoms with Gasteiger partial charge in [-0.25, -0.2) is 4.98 Å². The van der Waals surface area contributed by atoms with Crippen molar-refractivity contribution in [2.45, 2.75) is 31.8 Å². The summed E-state index contributed by atoms with van der Waals surface area (Å²) in [6.07, 6.45) is 5.77. The number of methoxy groups -OCH3 is 1. The van der Waals surface area contributed by atoms with Gasteiger partial charge < -0.3 is 9.64 Å². The van der Waals surface area contributed by atoms with Crippen LogP contribution in [0.3, 0.4) is 0 Å². The molecule has 0 amide bonds. The van der Waals surface area contributed by atoms with Gasteiger partial charge in [-0.3, -0.25) is 4.90 Å². The molecule has 2 heterocycles. The van der Waals surface area contributed by atoms with Gasteiger partial charge in [0.25, 0.3) is 0 Å². The quantitative estimate of drug-likeness (QED) is 0.834. The van der Waals surface area contributed by atoms with Crippen LogP contribution in [0.4, 0.5) is 5.82 Å². The second-order valence-electron chi connectivity index (χ2n) is 6.68. The van der Waals surface area contributed by atoms with Gasteiger partial charge in [-0.15, -0.1) is 0 Å². The fourth-order valence-corrected chi connectivity index (χ4v) is 3.42. The summed E-state index contributed by atoms with van der Waals surface area (Å²) in [6, 6.07) is 13.3. The van der Waals surface area contributed by atoms with Gasteiger partial charge in [0.1, 0.15) is 11.6 Å². The van der Waals surface area contributed by atoms with Gasteiger partial charge in [-0.1, -0.05) is 24.6 Å². The lowest BCUT2D eigenvalue weighted by molar-refractivity contribution is 0.140. The van der Waals surface area contributed by atoms with E-state index in [1.165, 1.54) is 30.4 Å². The van der Waals surface area contributed by atoms with Crippen LogP contribution in [0.1, 0.15) is 36.4 Å². The third kappa shape index (κ3) is 3.88. The van der Waals surface area contributed by atoms with Crippen molar-refractivity contribution in [2.75, 3.05) is 32.6 Å².